The fourth-order valence-electron chi connectivity index (χ4n) is 1.48. The molecule has 0 aliphatic rings. The van der Waals surface area contributed by atoms with Crippen LogP contribution in [0.2, 0.25) is 0 Å². The summed E-state index contributed by atoms with van der Waals surface area (Å²) in [6, 6.07) is 6.14. The molecule has 19 heavy (non-hydrogen) atoms. The maximum atomic E-state index is 11.6. The van der Waals surface area contributed by atoms with Gasteiger partial charge < -0.3 is 10.1 Å². The van der Waals surface area contributed by atoms with E-state index in [1.807, 2.05) is 33.9 Å². The summed E-state index contributed by atoms with van der Waals surface area (Å²) in [7, 11) is 1.92. The predicted octanol–water partition coefficient (Wildman–Crippen LogP) is 3.60. The third-order valence-electron chi connectivity index (χ3n) is 2.14. The molecule has 1 rings (SSSR count). The molecule has 0 saturated carbocycles. The van der Waals surface area contributed by atoms with Gasteiger partial charge in [0.1, 0.15) is 5.60 Å². The minimum atomic E-state index is -0.425. The summed E-state index contributed by atoms with van der Waals surface area (Å²) in [5.74, 6) is 0.130. The average molecular weight is 346 g/mol. The smallest absolute Gasteiger partial charge is 0.316 e. The maximum absolute atomic E-state index is 11.6. The second-order valence-corrected chi connectivity index (χ2v) is 7.04. The molecule has 3 nitrogen and oxygen atoms in total. The first-order valence-electron chi connectivity index (χ1n) is 6.09. The molecule has 0 bridgehead atoms. The lowest BCUT2D eigenvalue weighted by molar-refractivity contribution is -0.151. The van der Waals surface area contributed by atoms with E-state index in [2.05, 4.69) is 33.4 Å². The van der Waals surface area contributed by atoms with Crippen LogP contribution in [0.4, 0.5) is 0 Å². The number of esters is 1. The van der Waals surface area contributed by atoms with E-state index in [0.717, 1.165) is 15.9 Å². The molecule has 5 heteroatoms. The highest BCUT2D eigenvalue weighted by Gasteiger charge is 2.16. The van der Waals surface area contributed by atoms with E-state index in [0.29, 0.717) is 5.75 Å². The Balaban J connectivity index is 2.56. The van der Waals surface area contributed by atoms with Gasteiger partial charge in [-0.25, -0.2) is 0 Å². The highest BCUT2D eigenvalue weighted by atomic mass is 79.9. The van der Waals surface area contributed by atoms with Crippen LogP contribution in [0.1, 0.15) is 26.3 Å². The number of halogens is 1. The standard InChI is InChI=1S/C14H20BrNO2S/c1-14(2,3)18-13(17)9-19-12-6-5-10(8-16-4)7-11(12)15/h5-7,16H,8-9H2,1-4H3. The number of ether oxygens (including phenoxy) is 1. The van der Waals surface area contributed by atoms with Crippen LogP contribution in [-0.4, -0.2) is 24.4 Å². The second kappa shape index (κ2) is 7.31. The summed E-state index contributed by atoms with van der Waals surface area (Å²) in [6.45, 7) is 6.45. The maximum Gasteiger partial charge on any atom is 0.316 e. The Labute approximate surface area is 127 Å². The Morgan fingerprint density at radius 1 is 1.42 bits per heavy atom. The molecule has 1 aromatic carbocycles. The van der Waals surface area contributed by atoms with Crippen molar-refractivity contribution in [2.24, 2.45) is 0 Å². The average Bonchev–Trinajstić information content (AvgIpc) is 2.26. The van der Waals surface area contributed by atoms with Gasteiger partial charge in [0.25, 0.3) is 0 Å². The predicted molar refractivity (Wildman–Crippen MR) is 83.5 cm³/mol. The summed E-state index contributed by atoms with van der Waals surface area (Å²) >= 11 is 5.01. The molecule has 0 aliphatic carbocycles. The lowest BCUT2D eigenvalue weighted by atomic mass is 10.2. The van der Waals surface area contributed by atoms with Crippen molar-refractivity contribution in [1.82, 2.24) is 5.32 Å². The van der Waals surface area contributed by atoms with Crippen molar-refractivity contribution in [2.45, 2.75) is 37.8 Å². The van der Waals surface area contributed by atoms with Gasteiger partial charge in [-0.1, -0.05) is 6.07 Å². The minimum Gasteiger partial charge on any atom is -0.459 e. The molecule has 0 aliphatic heterocycles. The number of benzene rings is 1. The van der Waals surface area contributed by atoms with E-state index in [9.17, 15) is 4.79 Å². The summed E-state index contributed by atoms with van der Waals surface area (Å²) in [5.41, 5.74) is 0.780. The monoisotopic (exact) mass is 345 g/mol. The first-order chi connectivity index (χ1) is 8.81. The SMILES string of the molecule is CNCc1ccc(SCC(=O)OC(C)(C)C)c(Br)c1. The molecule has 1 N–H and O–H groups in total. The van der Waals surface area contributed by atoms with E-state index >= 15 is 0 Å². The van der Waals surface area contributed by atoms with Crippen LogP contribution < -0.4 is 5.32 Å². The van der Waals surface area contributed by atoms with E-state index in [1.165, 1.54) is 17.3 Å². The van der Waals surface area contributed by atoms with Crippen LogP contribution >= 0.6 is 27.7 Å². The Hall–Kier alpha value is -0.520. The van der Waals surface area contributed by atoms with E-state index in [1.54, 1.807) is 0 Å². The lowest BCUT2D eigenvalue weighted by Gasteiger charge is -2.19. The fourth-order valence-corrected chi connectivity index (χ4v) is 2.95. The Kier molecular flexibility index (Phi) is 6.36. The fraction of sp³-hybridized carbons (Fsp3) is 0.500. The van der Waals surface area contributed by atoms with Crippen molar-refractivity contribution in [3.05, 3.63) is 28.2 Å². The Morgan fingerprint density at radius 2 is 2.11 bits per heavy atom. The molecule has 0 spiro atoms. The van der Waals surface area contributed by atoms with Gasteiger partial charge in [-0.15, -0.1) is 11.8 Å². The zero-order valence-corrected chi connectivity index (χ0v) is 14.2. The van der Waals surface area contributed by atoms with Crippen LogP contribution in [-0.2, 0) is 16.1 Å². The quantitative estimate of drug-likeness (QED) is 0.653. The largest absolute Gasteiger partial charge is 0.459 e. The number of nitrogens with one attached hydrogen (secondary N) is 1. The second-order valence-electron chi connectivity index (χ2n) is 5.17. The first-order valence-corrected chi connectivity index (χ1v) is 7.87. The third kappa shape index (κ3) is 6.45. The number of hydrogen-bond donors (Lipinski definition) is 1. The number of carbonyl (C=O) groups excluding carboxylic acids is 1. The number of hydrogen-bond acceptors (Lipinski definition) is 4. The molecule has 0 fully saturated rings. The first kappa shape index (κ1) is 16.5. The zero-order chi connectivity index (χ0) is 14.5. The van der Waals surface area contributed by atoms with Crippen molar-refractivity contribution >= 4 is 33.7 Å². The van der Waals surface area contributed by atoms with Gasteiger partial charge in [0.05, 0.1) is 5.75 Å². The van der Waals surface area contributed by atoms with Crippen LogP contribution in [0.5, 0.6) is 0 Å². The van der Waals surface area contributed by atoms with Gasteiger partial charge in [-0.05, 0) is 61.4 Å². The summed E-state index contributed by atoms with van der Waals surface area (Å²) in [5, 5.41) is 3.10. The summed E-state index contributed by atoms with van der Waals surface area (Å²) in [4.78, 5) is 12.7. The molecule has 0 aromatic heterocycles. The zero-order valence-electron chi connectivity index (χ0n) is 11.7. The van der Waals surface area contributed by atoms with Gasteiger partial charge in [-0.2, -0.15) is 0 Å². The molecule has 0 heterocycles. The van der Waals surface area contributed by atoms with Crippen LogP contribution in [0.25, 0.3) is 0 Å². The molecule has 0 unspecified atom stereocenters. The van der Waals surface area contributed by atoms with Gasteiger partial charge in [0.2, 0.25) is 0 Å². The number of carbonyl (C=O) groups is 1. The van der Waals surface area contributed by atoms with E-state index < -0.39 is 5.60 Å². The normalized spacial score (nSPS) is 11.4. The van der Waals surface area contributed by atoms with Crippen LogP contribution in [0.15, 0.2) is 27.6 Å². The van der Waals surface area contributed by atoms with Crippen molar-refractivity contribution < 1.29 is 9.53 Å². The molecular formula is C14H20BrNO2S. The summed E-state index contributed by atoms with van der Waals surface area (Å²) < 4.78 is 6.28. The van der Waals surface area contributed by atoms with Crippen LogP contribution in [0.3, 0.4) is 0 Å². The van der Waals surface area contributed by atoms with Crippen molar-refractivity contribution in [3.63, 3.8) is 0 Å². The number of rotatable bonds is 5. The number of thioether (sulfide) groups is 1. The molecule has 0 atom stereocenters. The van der Waals surface area contributed by atoms with Gasteiger partial charge in [0.15, 0.2) is 0 Å². The Morgan fingerprint density at radius 3 is 2.63 bits per heavy atom. The van der Waals surface area contributed by atoms with Crippen LogP contribution in [0, 0.1) is 0 Å². The molecule has 106 valence electrons. The third-order valence-corrected chi connectivity index (χ3v) is 4.11. The topological polar surface area (TPSA) is 38.3 Å². The Bertz CT molecular complexity index is 444. The highest BCUT2D eigenvalue weighted by molar-refractivity contribution is 9.10. The van der Waals surface area contributed by atoms with Gasteiger partial charge in [-0.3, -0.25) is 4.79 Å². The van der Waals surface area contributed by atoms with Gasteiger partial charge >= 0.3 is 5.97 Å². The van der Waals surface area contributed by atoms with E-state index in [4.69, 9.17) is 4.74 Å². The molecule has 0 saturated heterocycles. The minimum absolute atomic E-state index is 0.191. The van der Waals surface area contributed by atoms with Crippen molar-refractivity contribution in [1.29, 1.82) is 0 Å². The van der Waals surface area contributed by atoms with Crippen molar-refractivity contribution in [3.8, 4) is 0 Å². The van der Waals surface area contributed by atoms with Gasteiger partial charge in [0, 0.05) is 15.9 Å². The molecule has 0 amide bonds. The summed E-state index contributed by atoms with van der Waals surface area (Å²) in [6.07, 6.45) is 0. The van der Waals surface area contributed by atoms with E-state index in [-0.39, 0.29) is 5.97 Å². The molecule has 0 radical (unpaired) electrons. The molecular weight excluding hydrogens is 326 g/mol. The lowest BCUT2D eigenvalue weighted by Crippen LogP contribution is -2.24. The molecule has 1 aromatic rings. The highest BCUT2D eigenvalue weighted by Crippen LogP contribution is 2.28. The van der Waals surface area contributed by atoms with Crippen molar-refractivity contribution in [2.75, 3.05) is 12.8 Å².